The minimum absolute atomic E-state index is 0.103. The molecule has 0 aliphatic carbocycles. The van der Waals surface area contributed by atoms with E-state index < -0.39 is 12.0 Å². The third-order valence-corrected chi connectivity index (χ3v) is 3.75. The monoisotopic (exact) mass is 341 g/mol. The molecule has 0 saturated carbocycles. The zero-order valence-electron chi connectivity index (χ0n) is 13.8. The number of pyridine rings is 1. The van der Waals surface area contributed by atoms with E-state index in [-0.39, 0.29) is 18.8 Å². The Hall–Kier alpha value is -2.93. The van der Waals surface area contributed by atoms with E-state index in [4.69, 9.17) is 9.15 Å². The molecule has 0 radical (unpaired) electrons. The number of hydrogen-bond acceptors (Lipinski definition) is 6. The number of carbonyl (C=O) groups is 1. The van der Waals surface area contributed by atoms with Crippen LogP contribution in [-0.4, -0.2) is 33.6 Å². The Bertz CT molecular complexity index is 857. The normalized spacial score (nSPS) is 12.1. The van der Waals surface area contributed by atoms with Gasteiger partial charge in [-0.3, -0.25) is 9.78 Å². The average Bonchev–Trinajstić information content (AvgIpc) is 3.13. The fourth-order valence-corrected chi connectivity index (χ4v) is 2.29. The van der Waals surface area contributed by atoms with Crippen LogP contribution in [0.15, 0.2) is 47.3 Å². The van der Waals surface area contributed by atoms with E-state index in [1.807, 2.05) is 31.2 Å². The number of aliphatic hydroxyl groups excluding tert-OH is 1. The first kappa shape index (κ1) is 16.9. The lowest BCUT2D eigenvalue weighted by molar-refractivity contribution is 0.0909. The number of carbonyl (C=O) groups excluding carboxylic acids is 1. The van der Waals surface area contributed by atoms with Crippen LogP contribution in [0.2, 0.25) is 0 Å². The highest BCUT2D eigenvalue weighted by molar-refractivity contribution is 5.91. The van der Waals surface area contributed by atoms with Crippen molar-refractivity contribution in [3.63, 3.8) is 0 Å². The number of ether oxygens (including phenoxy) is 1. The standard InChI is InChI=1S/C18H19N3O4/c1-2-13(22)9-20-18(23)15-10-25-17(21-15)11-24-16-5-3-4-12-8-19-7-6-14(12)16/h3-8,10,13,22H,2,9,11H2,1H3,(H,20,23)/t13-/m0/s1. The first-order valence-electron chi connectivity index (χ1n) is 8.03. The highest BCUT2D eigenvalue weighted by Gasteiger charge is 2.14. The second kappa shape index (κ2) is 7.76. The third-order valence-electron chi connectivity index (χ3n) is 3.75. The van der Waals surface area contributed by atoms with Crippen molar-refractivity contribution in [2.45, 2.75) is 26.1 Å². The van der Waals surface area contributed by atoms with Crippen molar-refractivity contribution in [3.05, 3.63) is 54.5 Å². The van der Waals surface area contributed by atoms with Crippen LogP contribution in [0, 0.1) is 0 Å². The number of aliphatic hydroxyl groups is 1. The Morgan fingerprint density at radius 3 is 3.12 bits per heavy atom. The van der Waals surface area contributed by atoms with Gasteiger partial charge in [-0.2, -0.15) is 0 Å². The molecule has 0 aliphatic rings. The molecular weight excluding hydrogens is 322 g/mol. The predicted octanol–water partition coefficient (Wildman–Crippen LogP) is 2.30. The Labute approximate surface area is 144 Å². The fraction of sp³-hybridized carbons (Fsp3) is 0.278. The largest absolute Gasteiger partial charge is 0.483 e. The summed E-state index contributed by atoms with van der Waals surface area (Å²) in [6.45, 7) is 2.12. The van der Waals surface area contributed by atoms with Gasteiger partial charge < -0.3 is 19.6 Å². The summed E-state index contributed by atoms with van der Waals surface area (Å²) in [5.41, 5.74) is 0.157. The molecule has 1 atom stereocenters. The number of aromatic nitrogens is 2. The van der Waals surface area contributed by atoms with Crippen LogP contribution in [-0.2, 0) is 6.61 Å². The van der Waals surface area contributed by atoms with Crippen LogP contribution in [0.3, 0.4) is 0 Å². The zero-order chi connectivity index (χ0) is 17.6. The van der Waals surface area contributed by atoms with E-state index >= 15 is 0 Å². The molecule has 2 aromatic heterocycles. The van der Waals surface area contributed by atoms with Gasteiger partial charge in [-0.1, -0.05) is 19.1 Å². The van der Waals surface area contributed by atoms with Crippen molar-refractivity contribution in [3.8, 4) is 5.75 Å². The first-order valence-corrected chi connectivity index (χ1v) is 8.03. The molecule has 1 amide bonds. The summed E-state index contributed by atoms with van der Waals surface area (Å²) >= 11 is 0. The molecule has 25 heavy (non-hydrogen) atoms. The maximum Gasteiger partial charge on any atom is 0.273 e. The molecule has 7 nitrogen and oxygen atoms in total. The molecule has 0 bridgehead atoms. The molecule has 3 aromatic rings. The van der Waals surface area contributed by atoms with Crippen LogP contribution >= 0.6 is 0 Å². The third kappa shape index (κ3) is 4.13. The Morgan fingerprint density at radius 1 is 1.40 bits per heavy atom. The highest BCUT2D eigenvalue weighted by Crippen LogP contribution is 2.25. The van der Waals surface area contributed by atoms with Crippen molar-refractivity contribution in [1.82, 2.24) is 15.3 Å². The van der Waals surface area contributed by atoms with Crippen molar-refractivity contribution in [1.29, 1.82) is 0 Å². The molecule has 0 fully saturated rings. The van der Waals surface area contributed by atoms with Gasteiger partial charge in [0.05, 0.1) is 6.10 Å². The summed E-state index contributed by atoms with van der Waals surface area (Å²) in [5, 5.41) is 14.0. The van der Waals surface area contributed by atoms with Gasteiger partial charge in [0.25, 0.3) is 5.91 Å². The molecule has 130 valence electrons. The Balaban J connectivity index is 1.62. The summed E-state index contributed by atoms with van der Waals surface area (Å²) in [6, 6.07) is 7.56. The average molecular weight is 341 g/mol. The number of benzene rings is 1. The van der Waals surface area contributed by atoms with Crippen LogP contribution in [0.4, 0.5) is 0 Å². The SMILES string of the molecule is CC[C@H](O)CNC(=O)c1coc(COc2cccc3cnccc23)n1. The van der Waals surface area contributed by atoms with Gasteiger partial charge in [0.2, 0.25) is 5.89 Å². The lowest BCUT2D eigenvalue weighted by Gasteiger charge is -2.07. The topological polar surface area (TPSA) is 97.5 Å². The molecule has 1 aromatic carbocycles. The maximum atomic E-state index is 11.9. The number of oxazole rings is 1. The second-order valence-electron chi connectivity index (χ2n) is 5.54. The molecule has 3 rings (SSSR count). The molecule has 2 heterocycles. The van der Waals surface area contributed by atoms with Crippen LogP contribution < -0.4 is 10.1 Å². The predicted molar refractivity (Wildman–Crippen MR) is 91.2 cm³/mol. The zero-order valence-corrected chi connectivity index (χ0v) is 13.8. The second-order valence-corrected chi connectivity index (χ2v) is 5.54. The van der Waals surface area contributed by atoms with Crippen molar-refractivity contribution >= 4 is 16.7 Å². The molecule has 0 spiro atoms. The van der Waals surface area contributed by atoms with Crippen LogP contribution in [0.25, 0.3) is 10.8 Å². The lowest BCUT2D eigenvalue weighted by Crippen LogP contribution is -2.31. The van der Waals surface area contributed by atoms with Crippen molar-refractivity contribution < 1.29 is 19.1 Å². The van der Waals surface area contributed by atoms with Crippen LogP contribution in [0.1, 0.15) is 29.7 Å². The summed E-state index contributed by atoms with van der Waals surface area (Å²) in [4.78, 5) is 20.1. The summed E-state index contributed by atoms with van der Waals surface area (Å²) in [7, 11) is 0. The highest BCUT2D eigenvalue weighted by atomic mass is 16.5. The molecule has 7 heteroatoms. The molecule has 0 unspecified atom stereocenters. The van der Waals surface area contributed by atoms with Gasteiger partial charge in [0.15, 0.2) is 12.3 Å². The van der Waals surface area contributed by atoms with Gasteiger partial charge >= 0.3 is 0 Å². The first-order chi connectivity index (χ1) is 12.2. The van der Waals surface area contributed by atoms with Crippen LogP contribution in [0.5, 0.6) is 5.75 Å². The molecule has 0 saturated heterocycles. The van der Waals surface area contributed by atoms with Crippen molar-refractivity contribution in [2.24, 2.45) is 0 Å². The molecule has 2 N–H and O–H groups in total. The maximum absolute atomic E-state index is 11.9. The fourth-order valence-electron chi connectivity index (χ4n) is 2.29. The smallest absolute Gasteiger partial charge is 0.273 e. The van der Waals surface area contributed by atoms with E-state index in [1.165, 1.54) is 6.26 Å². The minimum Gasteiger partial charge on any atom is -0.483 e. The molecular formula is C18H19N3O4. The minimum atomic E-state index is -0.570. The number of nitrogens with one attached hydrogen (secondary N) is 1. The number of fused-ring (bicyclic) bond motifs is 1. The number of hydrogen-bond donors (Lipinski definition) is 2. The van der Waals surface area contributed by atoms with Crippen molar-refractivity contribution in [2.75, 3.05) is 6.54 Å². The van der Waals surface area contributed by atoms with E-state index in [0.717, 1.165) is 10.8 Å². The summed E-state index contributed by atoms with van der Waals surface area (Å²) in [5.74, 6) is 0.598. The van der Waals surface area contributed by atoms with E-state index in [0.29, 0.717) is 18.1 Å². The van der Waals surface area contributed by atoms with E-state index in [2.05, 4.69) is 15.3 Å². The van der Waals surface area contributed by atoms with Gasteiger partial charge in [-0.05, 0) is 18.6 Å². The Morgan fingerprint density at radius 2 is 2.28 bits per heavy atom. The van der Waals surface area contributed by atoms with E-state index in [9.17, 15) is 9.90 Å². The number of rotatable bonds is 7. The van der Waals surface area contributed by atoms with Gasteiger partial charge in [0.1, 0.15) is 12.0 Å². The van der Waals surface area contributed by atoms with Gasteiger partial charge in [-0.15, -0.1) is 0 Å². The summed E-state index contributed by atoms with van der Waals surface area (Å²) in [6.07, 6.45) is 4.74. The van der Waals surface area contributed by atoms with Gasteiger partial charge in [-0.25, -0.2) is 4.98 Å². The van der Waals surface area contributed by atoms with E-state index in [1.54, 1.807) is 12.4 Å². The number of amides is 1. The van der Waals surface area contributed by atoms with Gasteiger partial charge in [0, 0.05) is 29.7 Å². The lowest BCUT2D eigenvalue weighted by atomic mass is 10.1. The quantitative estimate of drug-likeness (QED) is 0.684. The molecule has 0 aliphatic heterocycles. The summed E-state index contributed by atoms with van der Waals surface area (Å²) < 4.78 is 11.0. The number of nitrogens with zero attached hydrogens (tertiary/aromatic N) is 2. The Kier molecular flexibility index (Phi) is 5.25.